The van der Waals surface area contributed by atoms with E-state index in [2.05, 4.69) is 23.5 Å². The van der Waals surface area contributed by atoms with Crippen molar-refractivity contribution in [2.45, 2.75) is 12.3 Å². The van der Waals surface area contributed by atoms with Gasteiger partial charge >= 0.3 is 0 Å². The number of carbonyl (C=O) groups excluding carboxylic acids is 1. The molecule has 4 aromatic carbocycles. The van der Waals surface area contributed by atoms with Gasteiger partial charge in [0.25, 0.3) is 0 Å². The molecule has 1 N–H and O–H groups in total. The molecule has 142 valence electrons. The first kappa shape index (κ1) is 18.7. The zero-order valence-corrected chi connectivity index (χ0v) is 16.2. The topological polar surface area (TPSA) is 29.1 Å². The van der Waals surface area contributed by atoms with Crippen LogP contribution in [0.2, 0.25) is 0 Å². The Hall–Kier alpha value is -3.65. The SMILES string of the molecule is O=C(Nc1ccccc1Cc1ccccc1)C(c1ccccc1)c1ccccc1. The molecule has 0 spiro atoms. The van der Waals surface area contributed by atoms with E-state index in [0.29, 0.717) is 0 Å². The van der Waals surface area contributed by atoms with Crippen LogP contribution >= 0.6 is 0 Å². The number of hydrogen-bond donors (Lipinski definition) is 1. The highest BCUT2D eigenvalue weighted by Gasteiger charge is 2.23. The quantitative estimate of drug-likeness (QED) is 0.435. The van der Waals surface area contributed by atoms with Crippen molar-refractivity contribution in [1.29, 1.82) is 0 Å². The number of para-hydroxylation sites is 1. The second kappa shape index (κ2) is 9.03. The Morgan fingerprint density at radius 2 is 1.10 bits per heavy atom. The van der Waals surface area contributed by atoms with Crippen LogP contribution in [0.15, 0.2) is 115 Å². The summed E-state index contributed by atoms with van der Waals surface area (Å²) in [5.74, 6) is -0.384. The zero-order chi connectivity index (χ0) is 19.9. The van der Waals surface area contributed by atoms with E-state index in [1.165, 1.54) is 5.56 Å². The summed E-state index contributed by atoms with van der Waals surface area (Å²) in [6.07, 6.45) is 0.776. The number of nitrogens with one attached hydrogen (secondary N) is 1. The predicted octanol–water partition coefficient (Wildman–Crippen LogP) is 6.05. The van der Waals surface area contributed by atoms with Crippen molar-refractivity contribution in [2.24, 2.45) is 0 Å². The number of hydrogen-bond acceptors (Lipinski definition) is 1. The number of benzene rings is 4. The fourth-order valence-electron chi connectivity index (χ4n) is 3.60. The first-order valence-corrected chi connectivity index (χ1v) is 9.84. The van der Waals surface area contributed by atoms with Crippen LogP contribution in [-0.4, -0.2) is 5.91 Å². The molecular weight excluding hydrogens is 354 g/mol. The van der Waals surface area contributed by atoms with Gasteiger partial charge in [0, 0.05) is 5.69 Å². The largest absolute Gasteiger partial charge is 0.325 e. The lowest BCUT2D eigenvalue weighted by atomic mass is 9.90. The van der Waals surface area contributed by atoms with Crippen LogP contribution in [0.25, 0.3) is 0 Å². The summed E-state index contributed by atoms with van der Waals surface area (Å²) >= 11 is 0. The van der Waals surface area contributed by atoms with Crippen LogP contribution in [0.5, 0.6) is 0 Å². The van der Waals surface area contributed by atoms with Gasteiger partial charge in [-0.15, -0.1) is 0 Å². The zero-order valence-electron chi connectivity index (χ0n) is 16.2. The van der Waals surface area contributed by atoms with E-state index in [0.717, 1.165) is 28.8 Å². The Kier molecular flexibility index (Phi) is 5.82. The maximum atomic E-state index is 13.4. The molecule has 4 rings (SSSR count). The lowest BCUT2D eigenvalue weighted by Gasteiger charge is -2.19. The summed E-state index contributed by atoms with van der Waals surface area (Å²) in [6.45, 7) is 0. The van der Waals surface area contributed by atoms with E-state index in [-0.39, 0.29) is 11.8 Å². The fraction of sp³-hybridized carbons (Fsp3) is 0.0741. The van der Waals surface area contributed by atoms with Crippen molar-refractivity contribution in [3.63, 3.8) is 0 Å². The molecule has 0 aliphatic heterocycles. The van der Waals surface area contributed by atoms with Crippen molar-refractivity contribution < 1.29 is 4.79 Å². The van der Waals surface area contributed by atoms with Gasteiger partial charge in [-0.3, -0.25) is 4.79 Å². The van der Waals surface area contributed by atoms with Crippen LogP contribution in [0.3, 0.4) is 0 Å². The van der Waals surface area contributed by atoms with Gasteiger partial charge in [0.05, 0.1) is 5.92 Å². The normalized spacial score (nSPS) is 10.7. The van der Waals surface area contributed by atoms with Crippen LogP contribution in [0.4, 0.5) is 5.69 Å². The third kappa shape index (κ3) is 4.61. The van der Waals surface area contributed by atoms with Gasteiger partial charge in [-0.05, 0) is 34.7 Å². The second-order valence-corrected chi connectivity index (χ2v) is 7.06. The Labute approximate surface area is 171 Å². The van der Waals surface area contributed by atoms with Gasteiger partial charge in [-0.25, -0.2) is 0 Å². The van der Waals surface area contributed by atoms with Gasteiger partial charge in [-0.2, -0.15) is 0 Å². The molecule has 0 heterocycles. The highest BCUT2D eigenvalue weighted by molar-refractivity contribution is 5.98. The maximum absolute atomic E-state index is 13.4. The molecule has 0 aliphatic carbocycles. The Morgan fingerprint density at radius 3 is 1.69 bits per heavy atom. The minimum Gasteiger partial charge on any atom is -0.325 e. The molecule has 0 saturated heterocycles. The summed E-state index contributed by atoms with van der Waals surface area (Å²) in [4.78, 5) is 13.4. The predicted molar refractivity (Wildman–Crippen MR) is 119 cm³/mol. The highest BCUT2D eigenvalue weighted by Crippen LogP contribution is 2.27. The molecule has 0 fully saturated rings. The molecule has 0 aliphatic rings. The number of rotatable bonds is 6. The second-order valence-electron chi connectivity index (χ2n) is 7.06. The van der Waals surface area contributed by atoms with E-state index in [1.54, 1.807) is 0 Å². The van der Waals surface area contributed by atoms with E-state index in [1.807, 2.05) is 97.1 Å². The van der Waals surface area contributed by atoms with Crippen LogP contribution in [-0.2, 0) is 11.2 Å². The average molecular weight is 377 g/mol. The molecule has 0 radical (unpaired) electrons. The first-order chi connectivity index (χ1) is 14.3. The minimum absolute atomic E-state index is 0.0251. The highest BCUT2D eigenvalue weighted by atomic mass is 16.1. The van der Waals surface area contributed by atoms with Gasteiger partial charge in [0.2, 0.25) is 5.91 Å². The molecule has 0 unspecified atom stereocenters. The molecule has 0 bridgehead atoms. The van der Waals surface area contributed by atoms with Crippen molar-refractivity contribution in [3.8, 4) is 0 Å². The number of carbonyl (C=O) groups is 1. The molecule has 0 aromatic heterocycles. The molecule has 4 aromatic rings. The summed E-state index contributed by atoms with van der Waals surface area (Å²) in [6, 6.07) is 38.2. The first-order valence-electron chi connectivity index (χ1n) is 9.84. The molecule has 0 atom stereocenters. The minimum atomic E-state index is -0.359. The smallest absolute Gasteiger partial charge is 0.236 e. The maximum Gasteiger partial charge on any atom is 0.236 e. The molecule has 29 heavy (non-hydrogen) atoms. The van der Waals surface area contributed by atoms with Crippen molar-refractivity contribution >= 4 is 11.6 Å². The number of amides is 1. The Morgan fingerprint density at radius 1 is 0.621 bits per heavy atom. The number of anilines is 1. The Balaban J connectivity index is 1.64. The lowest BCUT2D eigenvalue weighted by molar-refractivity contribution is -0.116. The summed E-state index contributed by atoms with van der Waals surface area (Å²) < 4.78 is 0. The molecular formula is C27H23NO. The fourth-order valence-corrected chi connectivity index (χ4v) is 3.60. The summed E-state index contributed by atoms with van der Waals surface area (Å²) in [5.41, 5.74) is 5.15. The van der Waals surface area contributed by atoms with Crippen molar-refractivity contribution in [2.75, 3.05) is 5.32 Å². The van der Waals surface area contributed by atoms with Crippen LogP contribution in [0.1, 0.15) is 28.2 Å². The van der Waals surface area contributed by atoms with Gasteiger partial charge in [0.15, 0.2) is 0 Å². The van der Waals surface area contributed by atoms with E-state index < -0.39 is 0 Å². The summed E-state index contributed by atoms with van der Waals surface area (Å²) in [7, 11) is 0. The molecule has 0 saturated carbocycles. The summed E-state index contributed by atoms with van der Waals surface area (Å²) in [5, 5.41) is 3.19. The van der Waals surface area contributed by atoms with E-state index >= 15 is 0 Å². The van der Waals surface area contributed by atoms with Crippen LogP contribution in [0, 0.1) is 0 Å². The third-order valence-electron chi connectivity index (χ3n) is 5.04. The van der Waals surface area contributed by atoms with Crippen LogP contribution < -0.4 is 5.32 Å². The van der Waals surface area contributed by atoms with Gasteiger partial charge < -0.3 is 5.32 Å². The monoisotopic (exact) mass is 377 g/mol. The molecule has 1 amide bonds. The standard InChI is InChI=1S/C27H23NO/c29-27(26(22-14-6-2-7-15-22)23-16-8-3-9-17-23)28-25-19-11-10-18-24(25)20-21-12-4-1-5-13-21/h1-19,26H,20H2,(H,28,29). The average Bonchev–Trinajstić information content (AvgIpc) is 2.78. The lowest BCUT2D eigenvalue weighted by Crippen LogP contribution is -2.22. The van der Waals surface area contributed by atoms with E-state index in [9.17, 15) is 4.79 Å². The molecule has 2 heteroatoms. The third-order valence-corrected chi connectivity index (χ3v) is 5.04. The molecule has 2 nitrogen and oxygen atoms in total. The van der Waals surface area contributed by atoms with E-state index in [4.69, 9.17) is 0 Å². The van der Waals surface area contributed by atoms with Crippen molar-refractivity contribution in [1.82, 2.24) is 0 Å². The van der Waals surface area contributed by atoms with Crippen molar-refractivity contribution in [3.05, 3.63) is 138 Å². The van der Waals surface area contributed by atoms with Gasteiger partial charge in [-0.1, -0.05) is 109 Å². The Bertz CT molecular complexity index is 1020. The van der Waals surface area contributed by atoms with Gasteiger partial charge in [0.1, 0.15) is 0 Å².